The molecule has 1 unspecified atom stereocenters. The summed E-state index contributed by atoms with van der Waals surface area (Å²) >= 11 is 6.10. The molecule has 2 aromatic rings. The van der Waals surface area contributed by atoms with E-state index < -0.39 is 5.41 Å². The van der Waals surface area contributed by atoms with E-state index in [1.54, 1.807) is 31.2 Å². The minimum atomic E-state index is -0.920. The molecule has 0 saturated carbocycles. The van der Waals surface area contributed by atoms with E-state index >= 15 is 0 Å². The Morgan fingerprint density at radius 1 is 1.16 bits per heavy atom. The van der Waals surface area contributed by atoms with Crippen LogP contribution in [0.15, 0.2) is 48.5 Å². The molecule has 0 heterocycles. The van der Waals surface area contributed by atoms with Gasteiger partial charge >= 0.3 is 0 Å². The highest BCUT2D eigenvalue weighted by Crippen LogP contribution is 2.30. The van der Waals surface area contributed by atoms with Gasteiger partial charge in [0.2, 0.25) is 0 Å². The largest absolute Gasteiger partial charge is 0.302 e. The maximum absolute atomic E-state index is 13.9. The van der Waals surface area contributed by atoms with Crippen LogP contribution in [0.1, 0.15) is 18.1 Å². The third kappa shape index (κ3) is 2.85. The zero-order chi connectivity index (χ0) is 13.9. The van der Waals surface area contributed by atoms with Gasteiger partial charge in [-0.3, -0.25) is 0 Å². The first kappa shape index (κ1) is 13.8. The monoisotopic (exact) mass is 276 g/mol. The standard InChI is InChI=1S/C16H14ClFO/c1-16(11-19,13-7-3-5-9-15(13)18)10-12-6-2-4-8-14(12)17/h2-9,11H,10H2,1H3. The molecule has 0 N–H and O–H groups in total. The first-order valence-corrected chi connectivity index (χ1v) is 6.39. The van der Waals surface area contributed by atoms with Crippen molar-refractivity contribution < 1.29 is 9.18 Å². The number of carbonyl (C=O) groups is 1. The van der Waals surface area contributed by atoms with Gasteiger partial charge < -0.3 is 4.79 Å². The predicted octanol–water partition coefficient (Wildman–Crippen LogP) is 4.18. The molecule has 2 rings (SSSR count). The van der Waals surface area contributed by atoms with E-state index in [2.05, 4.69) is 0 Å². The Bertz CT molecular complexity index is 597. The Labute approximate surface area is 117 Å². The van der Waals surface area contributed by atoms with Gasteiger partial charge in [-0.2, -0.15) is 0 Å². The second kappa shape index (κ2) is 5.54. The highest BCUT2D eigenvalue weighted by Gasteiger charge is 2.29. The van der Waals surface area contributed by atoms with Gasteiger partial charge in [0, 0.05) is 10.6 Å². The van der Waals surface area contributed by atoms with Gasteiger partial charge in [0.15, 0.2) is 0 Å². The van der Waals surface area contributed by atoms with Crippen molar-refractivity contribution in [2.24, 2.45) is 0 Å². The minimum Gasteiger partial charge on any atom is -0.302 e. The lowest BCUT2D eigenvalue weighted by molar-refractivity contribution is -0.112. The summed E-state index contributed by atoms with van der Waals surface area (Å²) in [6, 6.07) is 13.6. The van der Waals surface area contributed by atoms with Gasteiger partial charge in [0.1, 0.15) is 12.1 Å². The number of hydrogen-bond acceptors (Lipinski definition) is 1. The molecule has 1 nitrogen and oxygen atoms in total. The Morgan fingerprint density at radius 2 is 1.79 bits per heavy atom. The third-order valence-corrected chi connectivity index (χ3v) is 3.63. The lowest BCUT2D eigenvalue weighted by Gasteiger charge is -2.24. The summed E-state index contributed by atoms with van der Waals surface area (Å²) in [4.78, 5) is 11.5. The molecular weight excluding hydrogens is 263 g/mol. The van der Waals surface area contributed by atoms with Crippen molar-refractivity contribution in [1.29, 1.82) is 0 Å². The van der Waals surface area contributed by atoms with E-state index in [-0.39, 0.29) is 5.82 Å². The van der Waals surface area contributed by atoms with Crippen LogP contribution in [-0.2, 0) is 16.6 Å². The van der Waals surface area contributed by atoms with E-state index in [9.17, 15) is 9.18 Å². The van der Waals surface area contributed by atoms with Crippen LogP contribution in [0.4, 0.5) is 4.39 Å². The van der Waals surface area contributed by atoms with Gasteiger partial charge in [0.05, 0.1) is 5.41 Å². The van der Waals surface area contributed by atoms with Crippen molar-refractivity contribution >= 4 is 17.9 Å². The van der Waals surface area contributed by atoms with E-state index in [0.717, 1.165) is 11.8 Å². The third-order valence-electron chi connectivity index (χ3n) is 3.26. The SMILES string of the molecule is CC(C=O)(Cc1ccccc1Cl)c1ccccc1F. The first-order chi connectivity index (χ1) is 9.07. The second-order valence-electron chi connectivity index (χ2n) is 4.78. The molecule has 1 atom stereocenters. The Kier molecular flexibility index (Phi) is 4.01. The van der Waals surface area contributed by atoms with Crippen molar-refractivity contribution in [3.05, 3.63) is 70.5 Å². The van der Waals surface area contributed by atoms with Crippen LogP contribution in [0.3, 0.4) is 0 Å². The molecule has 98 valence electrons. The molecule has 0 aliphatic heterocycles. The highest BCUT2D eigenvalue weighted by molar-refractivity contribution is 6.31. The van der Waals surface area contributed by atoms with Crippen LogP contribution in [0.2, 0.25) is 5.02 Å². The van der Waals surface area contributed by atoms with Crippen LogP contribution in [-0.4, -0.2) is 6.29 Å². The maximum Gasteiger partial charge on any atom is 0.130 e. The van der Waals surface area contributed by atoms with Crippen molar-refractivity contribution in [1.82, 2.24) is 0 Å². The zero-order valence-electron chi connectivity index (χ0n) is 10.6. The molecule has 0 amide bonds. The van der Waals surface area contributed by atoms with Crippen LogP contribution in [0, 0.1) is 5.82 Å². The van der Waals surface area contributed by atoms with Crippen molar-refractivity contribution in [3.8, 4) is 0 Å². The average Bonchev–Trinajstić information content (AvgIpc) is 2.42. The number of carbonyl (C=O) groups excluding carboxylic acids is 1. The number of rotatable bonds is 4. The van der Waals surface area contributed by atoms with Gasteiger partial charge in [-0.1, -0.05) is 48.0 Å². The molecule has 0 aromatic heterocycles. The molecule has 0 fully saturated rings. The van der Waals surface area contributed by atoms with E-state index in [1.807, 2.05) is 18.2 Å². The maximum atomic E-state index is 13.9. The van der Waals surface area contributed by atoms with Gasteiger partial charge in [-0.25, -0.2) is 4.39 Å². The Balaban J connectivity index is 2.42. The highest BCUT2D eigenvalue weighted by atomic mass is 35.5. The molecule has 0 aliphatic rings. The van der Waals surface area contributed by atoms with Crippen LogP contribution < -0.4 is 0 Å². The fourth-order valence-electron chi connectivity index (χ4n) is 2.16. The Hall–Kier alpha value is -1.67. The fraction of sp³-hybridized carbons (Fsp3) is 0.188. The van der Waals surface area contributed by atoms with E-state index in [0.29, 0.717) is 17.0 Å². The molecule has 0 saturated heterocycles. The van der Waals surface area contributed by atoms with Crippen molar-refractivity contribution in [3.63, 3.8) is 0 Å². The molecule has 19 heavy (non-hydrogen) atoms. The van der Waals surface area contributed by atoms with E-state index in [4.69, 9.17) is 11.6 Å². The van der Waals surface area contributed by atoms with Crippen LogP contribution in [0.5, 0.6) is 0 Å². The number of hydrogen-bond donors (Lipinski definition) is 0. The summed E-state index contributed by atoms with van der Waals surface area (Å²) in [6.45, 7) is 1.72. The smallest absolute Gasteiger partial charge is 0.130 e. The van der Waals surface area contributed by atoms with Gasteiger partial charge in [-0.05, 0) is 31.0 Å². The van der Waals surface area contributed by atoms with Crippen molar-refractivity contribution in [2.45, 2.75) is 18.8 Å². The summed E-state index contributed by atoms with van der Waals surface area (Å²) in [5, 5.41) is 0.590. The topological polar surface area (TPSA) is 17.1 Å². The van der Waals surface area contributed by atoms with E-state index in [1.165, 1.54) is 6.07 Å². The van der Waals surface area contributed by atoms with Crippen molar-refractivity contribution in [2.75, 3.05) is 0 Å². The molecule has 0 spiro atoms. The van der Waals surface area contributed by atoms with Crippen LogP contribution in [0.25, 0.3) is 0 Å². The lowest BCUT2D eigenvalue weighted by atomic mass is 9.78. The van der Waals surface area contributed by atoms with Gasteiger partial charge in [0.25, 0.3) is 0 Å². The molecule has 0 radical (unpaired) electrons. The second-order valence-corrected chi connectivity index (χ2v) is 5.19. The zero-order valence-corrected chi connectivity index (χ0v) is 11.3. The average molecular weight is 277 g/mol. The molecule has 3 heteroatoms. The number of halogens is 2. The summed E-state index contributed by atoms with van der Waals surface area (Å²) in [5.41, 5.74) is 0.308. The molecule has 0 bridgehead atoms. The summed E-state index contributed by atoms with van der Waals surface area (Å²) in [7, 11) is 0. The fourth-order valence-corrected chi connectivity index (χ4v) is 2.36. The minimum absolute atomic E-state index is 0.371. The summed E-state index contributed by atoms with van der Waals surface area (Å²) in [5.74, 6) is -0.371. The molecule has 2 aromatic carbocycles. The quantitative estimate of drug-likeness (QED) is 0.766. The lowest BCUT2D eigenvalue weighted by Crippen LogP contribution is -2.28. The predicted molar refractivity (Wildman–Crippen MR) is 75.0 cm³/mol. The number of benzene rings is 2. The molecule has 0 aliphatic carbocycles. The number of aldehydes is 1. The first-order valence-electron chi connectivity index (χ1n) is 6.01. The normalized spacial score (nSPS) is 13.8. The molecular formula is C16H14ClFO. The summed E-state index contributed by atoms with van der Waals surface area (Å²) < 4.78 is 13.9. The van der Waals surface area contributed by atoms with Crippen LogP contribution >= 0.6 is 11.6 Å². The summed E-state index contributed by atoms with van der Waals surface area (Å²) in [6.07, 6.45) is 1.16. The van der Waals surface area contributed by atoms with Gasteiger partial charge in [-0.15, -0.1) is 0 Å². The Morgan fingerprint density at radius 3 is 2.42 bits per heavy atom.